The number of aromatic nitrogens is 2. The van der Waals surface area contributed by atoms with E-state index in [0.29, 0.717) is 36.8 Å². The molecule has 0 aliphatic carbocycles. The fourth-order valence-electron chi connectivity index (χ4n) is 3.14. The Bertz CT molecular complexity index is 897. The van der Waals surface area contributed by atoms with Crippen molar-refractivity contribution in [1.29, 1.82) is 0 Å². The van der Waals surface area contributed by atoms with Gasteiger partial charge in [-0.1, -0.05) is 30.7 Å². The summed E-state index contributed by atoms with van der Waals surface area (Å²) in [5, 5.41) is 2.69. The van der Waals surface area contributed by atoms with E-state index in [1.54, 1.807) is 17.0 Å². The number of likely N-dealkylation sites (tertiary alicyclic amines) is 1. The van der Waals surface area contributed by atoms with Gasteiger partial charge in [-0.25, -0.2) is 14.8 Å². The Kier molecular flexibility index (Phi) is 6.05. The number of piperidine rings is 1. The quantitative estimate of drug-likeness (QED) is 0.817. The number of ether oxygens (including phenoxy) is 1. The molecule has 154 valence electrons. The van der Waals surface area contributed by atoms with E-state index >= 15 is 0 Å². The molecule has 0 radical (unpaired) electrons. The number of benzene rings is 1. The lowest BCUT2D eigenvalue weighted by atomic mass is 9.91. The number of nitrogens with one attached hydrogen (secondary N) is 1. The van der Waals surface area contributed by atoms with Crippen molar-refractivity contribution in [2.75, 3.05) is 25.5 Å². The minimum atomic E-state index is -4.37. The Morgan fingerprint density at radius 3 is 2.72 bits per heavy atom. The fourth-order valence-corrected chi connectivity index (χ4v) is 3.14. The van der Waals surface area contributed by atoms with Gasteiger partial charge in [-0.3, -0.25) is 5.32 Å². The van der Waals surface area contributed by atoms with Gasteiger partial charge in [0, 0.05) is 13.1 Å². The molecule has 0 saturated carbocycles. The van der Waals surface area contributed by atoms with Crippen LogP contribution in [0.5, 0.6) is 5.88 Å². The van der Waals surface area contributed by atoms with E-state index in [1.807, 2.05) is 6.92 Å². The van der Waals surface area contributed by atoms with Crippen LogP contribution in [0.2, 0.25) is 0 Å². The molecule has 3 rings (SSSR count). The summed E-state index contributed by atoms with van der Waals surface area (Å²) in [6, 6.07) is 4.95. The van der Waals surface area contributed by atoms with Gasteiger partial charge in [0.15, 0.2) is 5.82 Å². The maximum Gasteiger partial charge on any atom is 0.416 e. The smallest absolute Gasteiger partial charge is 0.416 e. The molecule has 9 heteroatoms. The highest BCUT2D eigenvalue weighted by Crippen LogP contribution is 2.31. The molecule has 1 N–H and O–H groups in total. The van der Waals surface area contributed by atoms with Gasteiger partial charge in [0.1, 0.15) is 0 Å². The molecule has 1 aromatic heterocycles. The number of rotatable bonds is 3. The second kappa shape index (κ2) is 8.50. The van der Waals surface area contributed by atoms with Crippen molar-refractivity contribution in [3.63, 3.8) is 0 Å². The van der Waals surface area contributed by atoms with Crippen LogP contribution in [0.25, 0.3) is 6.08 Å². The molecule has 1 aliphatic heterocycles. The van der Waals surface area contributed by atoms with E-state index in [9.17, 15) is 18.0 Å². The first kappa shape index (κ1) is 20.6. The maximum absolute atomic E-state index is 12.9. The highest BCUT2D eigenvalue weighted by Gasteiger charge is 2.30. The zero-order valence-electron chi connectivity index (χ0n) is 16.0. The lowest BCUT2D eigenvalue weighted by molar-refractivity contribution is -0.137. The molecule has 1 atom stereocenters. The van der Waals surface area contributed by atoms with Crippen LogP contribution in [0.15, 0.2) is 42.2 Å². The summed E-state index contributed by atoms with van der Waals surface area (Å²) >= 11 is 0. The zero-order valence-corrected chi connectivity index (χ0v) is 16.0. The van der Waals surface area contributed by atoms with E-state index in [4.69, 9.17) is 4.74 Å². The number of urea groups is 1. The van der Waals surface area contributed by atoms with Gasteiger partial charge in [-0.05, 0) is 30.0 Å². The van der Waals surface area contributed by atoms with E-state index < -0.39 is 11.7 Å². The Labute approximate surface area is 166 Å². The Balaban J connectivity index is 1.64. The van der Waals surface area contributed by atoms with Crippen molar-refractivity contribution in [3.8, 4) is 5.88 Å². The maximum atomic E-state index is 12.9. The summed E-state index contributed by atoms with van der Waals surface area (Å²) in [6.45, 7) is 2.87. The first-order chi connectivity index (χ1) is 13.8. The molecular formula is C20H21F3N4O2. The van der Waals surface area contributed by atoms with Gasteiger partial charge in [0.05, 0.1) is 25.1 Å². The highest BCUT2D eigenvalue weighted by molar-refractivity contribution is 5.88. The van der Waals surface area contributed by atoms with Crippen molar-refractivity contribution >= 4 is 17.9 Å². The minimum Gasteiger partial charge on any atom is -0.480 e. The van der Waals surface area contributed by atoms with Gasteiger partial charge in [0.2, 0.25) is 5.88 Å². The summed E-state index contributed by atoms with van der Waals surface area (Å²) in [7, 11) is 1.47. The molecule has 0 spiro atoms. The minimum absolute atomic E-state index is 0.0194. The van der Waals surface area contributed by atoms with Crippen LogP contribution in [0.3, 0.4) is 0 Å². The average molecular weight is 406 g/mol. The number of nitrogens with zero attached hydrogens (tertiary/aromatic N) is 3. The molecule has 1 aromatic carbocycles. The van der Waals surface area contributed by atoms with E-state index in [-0.39, 0.29) is 11.9 Å². The average Bonchev–Trinajstić information content (AvgIpc) is 2.69. The number of carbonyl (C=O) groups excluding carboxylic acids is 1. The van der Waals surface area contributed by atoms with Crippen LogP contribution >= 0.6 is 0 Å². The summed E-state index contributed by atoms with van der Waals surface area (Å²) in [5.41, 5.74) is 0.850. The number of hydrogen-bond acceptors (Lipinski definition) is 4. The third-order valence-electron chi connectivity index (χ3n) is 4.72. The van der Waals surface area contributed by atoms with Crippen LogP contribution in [0.1, 0.15) is 24.5 Å². The van der Waals surface area contributed by atoms with Gasteiger partial charge < -0.3 is 9.64 Å². The van der Waals surface area contributed by atoms with Gasteiger partial charge in [-0.2, -0.15) is 13.2 Å². The van der Waals surface area contributed by atoms with Gasteiger partial charge in [0.25, 0.3) is 0 Å². The van der Waals surface area contributed by atoms with Crippen LogP contribution in [-0.2, 0) is 6.18 Å². The van der Waals surface area contributed by atoms with Crippen LogP contribution in [0, 0.1) is 5.92 Å². The van der Waals surface area contributed by atoms with Gasteiger partial charge in [-0.15, -0.1) is 0 Å². The number of carbonyl (C=O) groups is 1. The SMILES string of the molecule is COc1cnc(NC(=O)N2CCC(=Cc3cccc(C(F)(F)F)c3)C(C)C2)cn1. The Morgan fingerprint density at radius 2 is 2.10 bits per heavy atom. The molecule has 29 heavy (non-hydrogen) atoms. The Hall–Kier alpha value is -3.10. The van der Waals surface area contributed by atoms with Crippen LogP contribution < -0.4 is 10.1 Å². The largest absolute Gasteiger partial charge is 0.480 e. The number of methoxy groups -OCH3 is 1. The van der Waals surface area contributed by atoms with Crippen molar-refractivity contribution < 1.29 is 22.7 Å². The molecular weight excluding hydrogens is 385 g/mol. The first-order valence-corrected chi connectivity index (χ1v) is 9.06. The topological polar surface area (TPSA) is 67.3 Å². The number of hydrogen-bond donors (Lipinski definition) is 1. The predicted molar refractivity (Wildman–Crippen MR) is 102 cm³/mol. The van der Waals surface area contributed by atoms with E-state index in [1.165, 1.54) is 25.6 Å². The van der Waals surface area contributed by atoms with E-state index in [2.05, 4.69) is 15.3 Å². The van der Waals surface area contributed by atoms with Crippen molar-refractivity contribution in [1.82, 2.24) is 14.9 Å². The third kappa shape index (κ3) is 5.24. The molecule has 6 nitrogen and oxygen atoms in total. The molecule has 2 amide bonds. The molecule has 2 aromatic rings. The second-order valence-electron chi connectivity index (χ2n) is 6.81. The highest BCUT2D eigenvalue weighted by atomic mass is 19.4. The number of halogens is 3. The Morgan fingerprint density at radius 1 is 1.31 bits per heavy atom. The van der Waals surface area contributed by atoms with E-state index in [0.717, 1.165) is 17.7 Å². The molecule has 1 saturated heterocycles. The monoisotopic (exact) mass is 406 g/mol. The summed E-state index contributed by atoms with van der Waals surface area (Å²) in [6.07, 6.45) is 0.808. The molecule has 0 bridgehead atoms. The number of alkyl halides is 3. The second-order valence-corrected chi connectivity index (χ2v) is 6.81. The molecule has 1 unspecified atom stereocenters. The number of amides is 2. The lowest BCUT2D eigenvalue weighted by Crippen LogP contribution is -2.42. The molecule has 2 heterocycles. The third-order valence-corrected chi connectivity index (χ3v) is 4.72. The van der Waals surface area contributed by atoms with Crippen molar-refractivity contribution in [2.24, 2.45) is 5.92 Å². The van der Waals surface area contributed by atoms with Crippen molar-refractivity contribution in [2.45, 2.75) is 19.5 Å². The first-order valence-electron chi connectivity index (χ1n) is 9.06. The zero-order chi connectivity index (χ0) is 21.0. The number of anilines is 1. The van der Waals surface area contributed by atoms with Crippen LogP contribution in [-0.4, -0.2) is 41.1 Å². The fraction of sp³-hybridized carbons (Fsp3) is 0.350. The van der Waals surface area contributed by atoms with Crippen LogP contribution in [0.4, 0.5) is 23.8 Å². The molecule has 1 aliphatic rings. The van der Waals surface area contributed by atoms with Gasteiger partial charge >= 0.3 is 12.2 Å². The summed E-state index contributed by atoms with van der Waals surface area (Å²) in [5.74, 6) is 0.679. The molecule has 1 fully saturated rings. The predicted octanol–water partition coefficient (Wildman–Crippen LogP) is 4.46. The lowest BCUT2D eigenvalue weighted by Gasteiger charge is -2.33. The summed E-state index contributed by atoms with van der Waals surface area (Å²) < 4.78 is 43.6. The van der Waals surface area contributed by atoms with Crippen molar-refractivity contribution in [3.05, 3.63) is 53.4 Å². The normalized spacial score (nSPS) is 18.6. The standard InChI is InChI=1S/C20H21F3N4O2/c1-13-12-27(19(28)26-17-10-25-18(29-2)11-24-17)7-6-15(13)8-14-4-3-5-16(9-14)20(21,22)23/h3-5,8-11,13H,6-7,12H2,1-2H3,(H,24,26,28). The summed E-state index contributed by atoms with van der Waals surface area (Å²) in [4.78, 5) is 22.2.